The molecule has 3 rings (SSSR count). The van der Waals surface area contributed by atoms with E-state index in [0.717, 1.165) is 36.4 Å². The summed E-state index contributed by atoms with van der Waals surface area (Å²) >= 11 is 0. The Balaban J connectivity index is 1.78. The van der Waals surface area contributed by atoms with Gasteiger partial charge in [-0.25, -0.2) is 4.79 Å². The van der Waals surface area contributed by atoms with E-state index in [0.29, 0.717) is 24.2 Å². The number of allylic oxidation sites excluding steroid dienone is 3. The Morgan fingerprint density at radius 1 is 1.26 bits per heavy atom. The number of benzene rings is 1. The summed E-state index contributed by atoms with van der Waals surface area (Å²) in [4.78, 5) is 28.2. The van der Waals surface area contributed by atoms with Crippen LogP contribution in [0.5, 0.6) is 0 Å². The fourth-order valence-corrected chi connectivity index (χ4v) is 3.54. The third-order valence-electron chi connectivity index (χ3n) is 5.29. The minimum absolute atomic E-state index is 0.0172. The Morgan fingerprint density at radius 2 is 2.06 bits per heavy atom. The number of nitrogens with zero attached hydrogens (tertiary/aromatic N) is 2. The van der Waals surface area contributed by atoms with Crippen LogP contribution in [0.3, 0.4) is 0 Å². The molecule has 0 saturated carbocycles. The van der Waals surface area contributed by atoms with E-state index in [1.807, 2.05) is 42.5 Å². The largest absolute Gasteiger partial charge is 0.422 e. The van der Waals surface area contributed by atoms with Crippen LogP contribution in [0, 0.1) is 0 Å². The van der Waals surface area contributed by atoms with Gasteiger partial charge in [-0.15, -0.1) is 0 Å². The molecule has 160 valence electrons. The van der Waals surface area contributed by atoms with E-state index >= 15 is 0 Å². The molecule has 0 saturated heterocycles. The van der Waals surface area contributed by atoms with E-state index in [2.05, 4.69) is 35.0 Å². The molecule has 0 unspecified atom stereocenters. The lowest BCUT2D eigenvalue weighted by Crippen LogP contribution is -2.34. The molecule has 0 spiro atoms. The SMILES string of the molecule is [B]CC(=O)NCCN1CC=CC=C1/C=C/c1cc2ccc(N(CC)CC)cc2oc1=O. The molecule has 1 aliphatic heterocycles. The second-order valence-corrected chi connectivity index (χ2v) is 7.24. The first-order valence-corrected chi connectivity index (χ1v) is 10.6. The van der Waals surface area contributed by atoms with Gasteiger partial charge >= 0.3 is 5.63 Å². The van der Waals surface area contributed by atoms with Crippen molar-refractivity contribution in [3.8, 4) is 0 Å². The maximum atomic E-state index is 12.5. The quantitative estimate of drug-likeness (QED) is 0.502. The number of anilines is 1. The predicted octanol–water partition coefficient (Wildman–Crippen LogP) is 3.11. The molecular weight excluding hydrogens is 389 g/mol. The van der Waals surface area contributed by atoms with Crippen molar-refractivity contribution in [1.29, 1.82) is 0 Å². The second kappa shape index (κ2) is 10.7. The zero-order chi connectivity index (χ0) is 22.2. The van der Waals surface area contributed by atoms with Crippen molar-refractivity contribution < 1.29 is 9.21 Å². The summed E-state index contributed by atoms with van der Waals surface area (Å²) in [7, 11) is 5.32. The molecule has 0 fully saturated rings. The van der Waals surface area contributed by atoms with Gasteiger partial charge in [0.15, 0.2) is 0 Å². The van der Waals surface area contributed by atoms with E-state index in [1.165, 1.54) is 0 Å². The van der Waals surface area contributed by atoms with Crippen molar-refractivity contribution in [3.05, 3.63) is 70.3 Å². The van der Waals surface area contributed by atoms with Gasteiger partial charge in [0.2, 0.25) is 5.91 Å². The molecule has 2 radical (unpaired) electrons. The van der Waals surface area contributed by atoms with Crippen LogP contribution >= 0.6 is 0 Å². The summed E-state index contributed by atoms with van der Waals surface area (Å²) in [6, 6.07) is 7.81. The van der Waals surface area contributed by atoms with Gasteiger partial charge in [0, 0.05) is 55.6 Å². The highest BCUT2D eigenvalue weighted by Crippen LogP contribution is 2.22. The summed E-state index contributed by atoms with van der Waals surface area (Å²) in [5.41, 5.74) is 2.72. The number of hydrogen-bond acceptors (Lipinski definition) is 5. The topological polar surface area (TPSA) is 65.8 Å². The van der Waals surface area contributed by atoms with Gasteiger partial charge in [0.25, 0.3) is 0 Å². The van der Waals surface area contributed by atoms with Crippen molar-refractivity contribution >= 4 is 36.5 Å². The van der Waals surface area contributed by atoms with Crippen LogP contribution < -0.4 is 15.8 Å². The molecule has 0 atom stereocenters. The zero-order valence-corrected chi connectivity index (χ0v) is 18.1. The Bertz CT molecular complexity index is 1070. The Morgan fingerprint density at radius 3 is 2.81 bits per heavy atom. The van der Waals surface area contributed by atoms with Crippen LogP contribution in [0.1, 0.15) is 19.4 Å². The number of hydrogen-bond donors (Lipinski definition) is 1. The van der Waals surface area contributed by atoms with Crippen LogP contribution in [0.15, 0.2) is 63.5 Å². The maximum absolute atomic E-state index is 12.5. The highest BCUT2D eigenvalue weighted by molar-refractivity contribution is 6.19. The average Bonchev–Trinajstić information content (AvgIpc) is 2.79. The van der Waals surface area contributed by atoms with Crippen LogP contribution in [0.25, 0.3) is 17.0 Å². The summed E-state index contributed by atoms with van der Waals surface area (Å²) in [5, 5.41) is 3.66. The van der Waals surface area contributed by atoms with Crippen LogP contribution in [-0.4, -0.2) is 51.4 Å². The molecule has 31 heavy (non-hydrogen) atoms. The van der Waals surface area contributed by atoms with E-state index in [9.17, 15) is 9.59 Å². The lowest BCUT2D eigenvalue weighted by atomic mass is 10.1. The summed E-state index contributed by atoms with van der Waals surface area (Å²) in [5.74, 6) is -0.174. The van der Waals surface area contributed by atoms with Crippen molar-refractivity contribution in [2.24, 2.45) is 0 Å². The van der Waals surface area contributed by atoms with Gasteiger partial charge in [-0.1, -0.05) is 12.2 Å². The molecule has 0 bridgehead atoms. The van der Waals surface area contributed by atoms with Gasteiger partial charge in [0.05, 0.1) is 13.4 Å². The van der Waals surface area contributed by atoms with Gasteiger partial charge in [-0.05, 0) is 56.6 Å². The summed E-state index contributed by atoms with van der Waals surface area (Å²) < 4.78 is 5.60. The Labute approximate surface area is 184 Å². The molecule has 6 nitrogen and oxygen atoms in total. The molecular formula is C24H28BN3O3. The minimum atomic E-state index is -0.367. The first kappa shape index (κ1) is 22.5. The van der Waals surface area contributed by atoms with Gasteiger partial charge in [0.1, 0.15) is 5.58 Å². The highest BCUT2D eigenvalue weighted by atomic mass is 16.4. The van der Waals surface area contributed by atoms with E-state index in [1.54, 1.807) is 6.08 Å². The Kier molecular flexibility index (Phi) is 7.76. The van der Waals surface area contributed by atoms with Crippen molar-refractivity contribution in [1.82, 2.24) is 10.2 Å². The van der Waals surface area contributed by atoms with Gasteiger partial charge in [-0.3, -0.25) is 4.79 Å². The van der Waals surface area contributed by atoms with Crippen molar-refractivity contribution in [3.63, 3.8) is 0 Å². The summed E-state index contributed by atoms with van der Waals surface area (Å²) in [6.07, 6.45) is 9.66. The number of nitrogens with one attached hydrogen (secondary N) is 1. The zero-order valence-electron chi connectivity index (χ0n) is 18.1. The first-order chi connectivity index (χ1) is 15.0. The second-order valence-electron chi connectivity index (χ2n) is 7.24. The van der Waals surface area contributed by atoms with Gasteiger partial charge in [-0.2, -0.15) is 0 Å². The number of fused-ring (bicyclic) bond motifs is 1. The van der Waals surface area contributed by atoms with Crippen molar-refractivity contribution in [2.45, 2.75) is 20.2 Å². The van der Waals surface area contributed by atoms with E-state index in [-0.39, 0.29) is 17.9 Å². The number of carbonyl (C=O) groups excluding carboxylic acids is 1. The number of carbonyl (C=O) groups is 1. The first-order valence-electron chi connectivity index (χ1n) is 10.6. The highest BCUT2D eigenvalue weighted by Gasteiger charge is 2.10. The minimum Gasteiger partial charge on any atom is -0.422 e. The number of amides is 1. The lowest BCUT2D eigenvalue weighted by Gasteiger charge is -2.26. The standard InChI is InChI=1S/C24H28BN3O3/c1-3-27(4-2)21-11-8-18-15-19(24(30)31-22(18)16-21)9-10-20-7-5-6-13-28(20)14-12-26-23(29)17-25/h5-11,15-16H,3-4,12-14,17H2,1-2H3,(H,26,29)/b10-9+. The van der Waals surface area contributed by atoms with Crippen LogP contribution in [0.2, 0.25) is 6.32 Å². The number of rotatable bonds is 9. The predicted molar refractivity (Wildman–Crippen MR) is 127 cm³/mol. The maximum Gasteiger partial charge on any atom is 0.343 e. The molecule has 1 N–H and O–H groups in total. The molecule has 1 aromatic heterocycles. The van der Waals surface area contributed by atoms with E-state index in [4.69, 9.17) is 12.3 Å². The molecule has 7 heteroatoms. The molecule has 1 aliphatic rings. The Hall–Kier alpha value is -3.22. The summed E-state index contributed by atoms with van der Waals surface area (Å²) in [6.45, 7) is 7.86. The lowest BCUT2D eigenvalue weighted by molar-refractivity contribution is -0.118. The molecule has 1 amide bonds. The fraction of sp³-hybridized carbons (Fsp3) is 0.333. The fourth-order valence-electron chi connectivity index (χ4n) is 3.54. The van der Waals surface area contributed by atoms with E-state index < -0.39 is 0 Å². The normalized spacial score (nSPS) is 13.6. The molecule has 1 aromatic carbocycles. The monoisotopic (exact) mass is 417 g/mol. The average molecular weight is 417 g/mol. The van der Waals surface area contributed by atoms with Gasteiger partial charge < -0.3 is 19.5 Å². The third kappa shape index (κ3) is 5.69. The van der Waals surface area contributed by atoms with Crippen molar-refractivity contribution in [2.75, 3.05) is 37.6 Å². The van der Waals surface area contributed by atoms with Crippen LogP contribution in [0.4, 0.5) is 5.69 Å². The molecule has 0 aliphatic carbocycles. The smallest absolute Gasteiger partial charge is 0.343 e. The third-order valence-corrected chi connectivity index (χ3v) is 5.29. The molecule has 2 aromatic rings. The van der Waals surface area contributed by atoms with Crippen LogP contribution in [-0.2, 0) is 4.79 Å². The molecule has 2 heterocycles.